The summed E-state index contributed by atoms with van der Waals surface area (Å²) in [5, 5.41) is 21.0. The Kier molecular flexibility index (Phi) is 5.72. The molecule has 24 heavy (non-hydrogen) atoms. The van der Waals surface area contributed by atoms with E-state index in [9.17, 15) is 19.8 Å². The van der Waals surface area contributed by atoms with Crippen molar-refractivity contribution in [1.29, 1.82) is 0 Å². The van der Waals surface area contributed by atoms with E-state index in [2.05, 4.69) is 32.1 Å². The maximum atomic E-state index is 11.9. The number of carbonyl (C=O) groups is 2. The van der Waals surface area contributed by atoms with Crippen LogP contribution in [0.15, 0.2) is 46.9 Å². The summed E-state index contributed by atoms with van der Waals surface area (Å²) in [6, 6.07) is 10.1. The molecule has 9 heteroatoms. The van der Waals surface area contributed by atoms with Crippen molar-refractivity contribution < 1.29 is 19.8 Å². The molecule has 0 bridgehead atoms. The molecule has 0 aliphatic carbocycles. The van der Waals surface area contributed by atoms with Gasteiger partial charge in [-0.25, -0.2) is 0 Å². The predicted molar refractivity (Wildman–Crippen MR) is 94.6 cm³/mol. The smallest absolute Gasteiger partial charge is 0.269 e. The number of hydrogen-bond acceptors (Lipinski definition) is 5. The molecule has 0 saturated carbocycles. The van der Waals surface area contributed by atoms with Crippen LogP contribution in [0.2, 0.25) is 0 Å². The highest BCUT2D eigenvalue weighted by Gasteiger charge is 2.11. The average Bonchev–Trinajstić information content (AvgIpc) is 2.52. The number of benzene rings is 2. The van der Waals surface area contributed by atoms with E-state index in [1.54, 1.807) is 24.3 Å². The molecule has 7 nitrogen and oxygen atoms in total. The molecule has 5 N–H and O–H groups in total. The molecule has 2 amide bonds. The standard InChI is InChI=1S/C15H12BrN3O4S/c16-10-3-1-8(2-4-10)13(22)17-15(24)19-18-14(23)9-5-11(20)7-12(21)6-9/h1-7,20-21H,(H,18,23)(H2,17,19,22,24). The van der Waals surface area contributed by atoms with Crippen LogP contribution >= 0.6 is 28.1 Å². The molecule has 0 aromatic heterocycles. The summed E-state index contributed by atoms with van der Waals surface area (Å²) >= 11 is 8.18. The summed E-state index contributed by atoms with van der Waals surface area (Å²) < 4.78 is 0.835. The second-order valence-electron chi connectivity index (χ2n) is 4.61. The number of hydrazine groups is 1. The summed E-state index contributed by atoms with van der Waals surface area (Å²) in [7, 11) is 0. The summed E-state index contributed by atoms with van der Waals surface area (Å²) in [6.07, 6.45) is 0. The van der Waals surface area contributed by atoms with Crippen LogP contribution in [0.25, 0.3) is 0 Å². The highest BCUT2D eigenvalue weighted by Crippen LogP contribution is 2.20. The molecule has 2 rings (SSSR count). The molecule has 0 radical (unpaired) electrons. The minimum atomic E-state index is -0.651. The van der Waals surface area contributed by atoms with Crippen LogP contribution in [0.5, 0.6) is 11.5 Å². The van der Waals surface area contributed by atoms with E-state index in [0.29, 0.717) is 5.56 Å². The van der Waals surface area contributed by atoms with Crippen LogP contribution < -0.4 is 16.2 Å². The maximum absolute atomic E-state index is 11.9. The minimum absolute atomic E-state index is 0.0158. The van der Waals surface area contributed by atoms with Gasteiger partial charge in [0.2, 0.25) is 0 Å². The molecular formula is C15H12BrN3O4S. The van der Waals surface area contributed by atoms with Gasteiger partial charge in [-0.2, -0.15) is 0 Å². The van der Waals surface area contributed by atoms with Crippen LogP contribution in [0.1, 0.15) is 20.7 Å². The second kappa shape index (κ2) is 7.75. The molecule has 0 spiro atoms. The lowest BCUT2D eigenvalue weighted by Gasteiger charge is -2.11. The highest BCUT2D eigenvalue weighted by atomic mass is 79.9. The van der Waals surface area contributed by atoms with Gasteiger partial charge in [-0.05, 0) is 48.6 Å². The molecule has 124 valence electrons. The van der Waals surface area contributed by atoms with Crippen LogP contribution in [0, 0.1) is 0 Å². The Labute approximate surface area is 150 Å². The number of rotatable bonds is 2. The van der Waals surface area contributed by atoms with E-state index in [1.165, 1.54) is 12.1 Å². The Hall–Kier alpha value is -2.65. The van der Waals surface area contributed by atoms with Gasteiger partial charge in [0, 0.05) is 21.7 Å². The molecule has 0 aliphatic rings. The minimum Gasteiger partial charge on any atom is -0.508 e. The Morgan fingerprint density at radius 3 is 2.04 bits per heavy atom. The molecule has 0 heterocycles. The van der Waals surface area contributed by atoms with Gasteiger partial charge in [0.15, 0.2) is 5.11 Å². The van der Waals surface area contributed by atoms with Gasteiger partial charge < -0.3 is 10.2 Å². The number of thiocarbonyl (C=S) groups is 1. The Morgan fingerprint density at radius 2 is 1.46 bits per heavy atom. The number of phenols is 2. The van der Waals surface area contributed by atoms with E-state index in [4.69, 9.17) is 12.2 Å². The van der Waals surface area contributed by atoms with E-state index < -0.39 is 11.8 Å². The van der Waals surface area contributed by atoms with E-state index in [0.717, 1.165) is 10.5 Å². The summed E-state index contributed by atoms with van der Waals surface area (Å²) in [4.78, 5) is 23.8. The number of aromatic hydroxyl groups is 2. The zero-order chi connectivity index (χ0) is 17.7. The van der Waals surface area contributed by atoms with Crippen molar-refractivity contribution in [3.8, 4) is 11.5 Å². The SMILES string of the molecule is O=C(NNC(=S)NC(=O)c1ccc(Br)cc1)c1cc(O)cc(O)c1. The number of halogens is 1. The fourth-order valence-electron chi connectivity index (χ4n) is 1.72. The van der Waals surface area contributed by atoms with Crippen molar-refractivity contribution in [2.45, 2.75) is 0 Å². The summed E-state index contributed by atoms with van der Waals surface area (Å²) in [5.41, 5.74) is 5.01. The van der Waals surface area contributed by atoms with E-state index in [1.807, 2.05) is 0 Å². The molecule has 0 unspecified atom stereocenters. The van der Waals surface area contributed by atoms with Crippen LogP contribution in [0.4, 0.5) is 0 Å². The third-order valence-corrected chi connectivity index (χ3v) is 3.52. The molecule has 2 aromatic carbocycles. The van der Waals surface area contributed by atoms with Gasteiger partial charge in [-0.15, -0.1) is 0 Å². The molecule has 0 saturated heterocycles. The molecule has 0 aliphatic heterocycles. The fraction of sp³-hybridized carbons (Fsp3) is 0. The number of phenolic OH excluding ortho intramolecular Hbond substituents is 2. The Bertz CT molecular complexity index is 776. The Balaban J connectivity index is 1.89. The van der Waals surface area contributed by atoms with Crippen molar-refractivity contribution in [2.24, 2.45) is 0 Å². The first-order valence-electron chi connectivity index (χ1n) is 6.55. The van der Waals surface area contributed by atoms with Crippen molar-refractivity contribution in [1.82, 2.24) is 16.2 Å². The van der Waals surface area contributed by atoms with Crippen LogP contribution in [-0.2, 0) is 0 Å². The van der Waals surface area contributed by atoms with Crippen molar-refractivity contribution in [2.75, 3.05) is 0 Å². The second-order valence-corrected chi connectivity index (χ2v) is 5.93. The first-order valence-corrected chi connectivity index (χ1v) is 7.75. The zero-order valence-corrected chi connectivity index (χ0v) is 14.4. The average molecular weight is 410 g/mol. The van der Waals surface area contributed by atoms with Gasteiger partial charge >= 0.3 is 0 Å². The first kappa shape index (κ1) is 17.7. The maximum Gasteiger partial charge on any atom is 0.269 e. The number of nitrogens with one attached hydrogen (secondary N) is 3. The lowest BCUT2D eigenvalue weighted by molar-refractivity contribution is 0.0934. The van der Waals surface area contributed by atoms with Crippen molar-refractivity contribution in [3.05, 3.63) is 58.1 Å². The molecule has 0 atom stereocenters. The number of hydrogen-bond donors (Lipinski definition) is 5. The zero-order valence-electron chi connectivity index (χ0n) is 12.0. The van der Waals surface area contributed by atoms with Crippen LogP contribution in [-0.4, -0.2) is 27.1 Å². The van der Waals surface area contributed by atoms with Gasteiger partial charge in [0.05, 0.1) is 0 Å². The summed E-state index contributed by atoms with van der Waals surface area (Å²) in [6.45, 7) is 0. The van der Waals surface area contributed by atoms with Crippen LogP contribution in [0.3, 0.4) is 0 Å². The molecular weight excluding hydrogens is 398 g/mol. The van der Waals surface area contributed by atoms with Crippen molar-refractivity contribution in [3.63, 3.8) is 0 Å². The fourth-order valence-corrected chi connectivity index (χ4v) is 2.13. The van der Waals surface area contributed by atoms with E-state index >= 15 is 0 Å². The molecule has 0 fully saturated rings. The summed E-state index contributed by atoms with van der Waals surface area (Å²) in [5.74, 6) is -1.61. The molecule has 2 aromatic rings. The monoisotopic (exact) mass is 409 g/mol. The van der Waals surface area contributed by atoms with E-state index in [-0.39, 0.29) is 22.2 Å². The third-order valence-electron chi connectivity index (χ3n) is 2.79. The highest BCUT2D eigenvalue weighted by molar-refractivity contribution is 9.10. The predicted octanol–water partition coefficient (Wildman–Crippen LogP) is 1.81. The van der Waals surface area contributed by atoms with Gasteiger partial charge in [0.25, 0.3) is 11.8 Å². The number of amides is 2. The first-order chi connectivity index (χ1) is 11.3. The third kappa shape index (κ3) is 4.93. The van der Waals surface area contributed by atoms with Gasteiger partial charge in [0.1, 0.15) is 11.5 Å². The van der Waals surface area contributed by atoms with Crippen molar-refractivity contribution >= 4 is 45.1 Å². The number of carbonyl (C=O) groups excluding carboxylic acids is 2. The normalized spacial score (nSPS) is 9.88. The largest absolute Gasteiger partial charge is 0.508 e. The topological polar surface area (TPSA) is 111 Å². The van der Waals surface area contributed by atoms with Gasteiger partial charge in [-0.3, -0.25) is 25.8 Å². The van der Waals surface area contributed by atoms with Gasteiger partial charge in [-0.1, -0.05) is 15.9 Å². The quantitative estimate of drug-likeness (QED) is 0.382. The Morgan fingerprint density at radius 1 is 0.875 bits per heavy atom. The lowest BCUT2D eigenvalue weighted by atomic mass is 10.2. The lowest BCUT2D eigenvalue weighted by Crippen LogP contribution is -2.48.